The molecule has 1 N–H and O–H groups in total. The summed E-state index contributed by atoms with van der Waals surface area (Å²) in [5.41, 5.74) is 1.92. The summed E-state index contributed by atoms with van der Waals surface area (Å²) in [6.07, 6.45) is 6.07. The third-order valence-electron chi connectivity index (χ3n) is 3.53. The van der Waals surface area contributed by atoms with Crippen molar-refractivity contribution in [1.82, 2.24) is 4.98 Å². The summed E-state index contributed by atoms with van der Waals surface area (Å²) in [5, 5.41) is 9.65. The van der Waals surface area contributed by atoms with Crippen LogP contribution in [0.5, 0.6) is 0 Å². The Morgan fingerprint density at radius 3 is 2.69 bits per heavy atom. The maximum absolute atomic E-state index is 9.65. The Morgan fingerprint density at radius 2 is 2.25 bits per heavy atom. The van der Waals surface area contributed by atoms with Gasteiger partial charge in [-0.1, -0.05) is 6.92 Å². The molecule has 3 heteroatoms. The van der Waals surface area contributed by atoms with Crippen LogP contribution in [0.15, 0.2) is 18.3 Å². The van der Waals surface area contributed by atoms with Crippen LogP contribution in [-0.2, 0) is 0 Å². The average Bonchev–Trinajstić information content (AvgIpc) is 2.26. The molecule has 1 aliphatic rings. The highest BCUT2D eigenvalue weighted by molar-refractivity contribution is 5.45. The van der Waals surface area contributed by atoms with Crippen LogP contribution in [0.4, 0.5) is 5.69 Å². The molecule has 1 saturated carbocycles. The van der Waals surface area contributed by atoms with E-state index in [2.05, 4.69) is 23.0 Å². The first-order chi connectivity index (χ1) is 7.72. The summed E-state index contributed by atoms with van der Waals surface area (Å²) in [6, 6.07) is 4.67. The number of pyridine rings is 1. The summed E-state index contributed by atoms with van der Waals surface area (Å²) in [7, 11) is 2.12. The van der Waals surface area contributed by atoms with Crippen LogP contribution in [0, 0.1) is 0 Å². The van der Waals surface area contributed by atoms with E-state index in [0.29, 0.717) is 12.5 Å². The number of aliphatic hydroxyl groups is 1. The quantitative estimate of drug-likeness (QED) is 0.847. The van der Waals surface area contributed by atoms with E-state index in [1.54, 1.807) is 0 Å². The van der Waals surface area contributed by atoms with Crippen molar-refractivity contribution in [3.8, 4) is 0 Å². The monoisotopic (exact) mass is 220 g/mol. The summed E-state index contributed by atoms with van der Waals surface area (Å²) in [6.45, 7) is 1.96. The van der Waals surface area contributed by atoms with Gasteiger partial charge >= 0.3 is 0 Å². The molecule has 0 amide bonds. The van der Waals surface area contributed by atoms with Crippen LogP contribution < -0.4 is 4.90 Å². The van der Waals surface area contributed by atoms with Crippen LogP contribution in [0.2, 0.25) is 0 Å². The van der Waals surface area contributed by atoms with Crippen LogP contribution in [0.25, 0.3) is 0 Å². The SMILES string of the molecule is CCC(O)c1ccc(N(C)C2CCC2)cn1. The molecule has 0 aliphatic heterocycles. The lowest BCUT2D eigenvalue weighted by Gasteiger charge is -2.36. The minimum atomic E-state index is -0.428. The second-order valence-electron chi connectivity index (χ2n) is 4.56. The van der Waals surface area contributed by atoms with Gasteiger partial charge in [0.2, 0.25) is 0 Å². The van der Waals surface area contributed by atoms with Crippen LogP contribution >= 0.6 is 0 Å². The standard InChI is InChI=1S/C13H20N2O/c1-3-13(16)12-8-7-11(9-14-12)15(2)10-5-4-6-10/h7-10,13,16H,3-6H2,1-2H3. The fourth-order valence-corrected chi connectivity index (χ4v) is 2.00. The normalized spacial score (nSPS) is 17.9. The van der Waals surface area contributed by atoms with Crippen molar-refractivity contribution in [2.75, 3.05) is 11.9 Å². The zero-order chi connectivity index (χ0) is 11.5. The fourth-order valence-electron chi connectivity index (χ4n) is 2.00. The topological polar surface area (TPSA) is 36.4 Å². The molecule has 16 heavy (non-hydrogen) atoms. The van der Waals surface area contributed by atoms with Gasteiger partial charge in [0, 0.05) is 13.1 Å². The number of anilines is 1. The first-order valence-corrected chi connectivity index (χ1v) is 6.09. The summed E-state index contributed by atoms with van der Waals surface area (Å²) in [5.74, 6) is 0. The number of aromatic nitrogens is 1. The van der Waals surface area contributed by atoms with Gasteiger partial charge in [-0.25, -0.2) is 0 Å². The van der Waals surface area contributed by atoms with Gasteiger partial charge < -0.3 is 10.0 Å². The molecule has 1 unspecified atom stereocenters. The molecular formula is C13H20N2O. The predicted octanol–water partition coefficient (Wildman–Crippen LogP) is 2.51. The van der Waals surface area contributed by atoms with Crippen molar-refractivity contribution in [3.63, 3.8) is 0 Å². The predicted molar refractivity (Wildman–Crippen MR) is 65.5 cm³/mol. The molecule has 0 spiro atoms. The molecule has 0 radical (unpaired) electrons. The van der Waals surface area contributed by atoms with E-state index >= 15 is 0 Å². The molecule has 1 heterocycles. The van der Waals surface area contributed by atoms with Gasteiger partial charge in [0.1, 0.15) is 0 Å². The van der Waals surface area contributed by atoms with Crippen LogP contribution in [0.3, 0.4) is 0 Å². The highest BCUT2D eigenvalue weighted by atomic mass is 16.3. The Labute approximate surface area is 97.1 Å². The zero-order valence-corrected chi connectivity index (χ0v) is 10.1. The number of hydrogen-bond donors (Lipinski definition) is 1. The molecule has 1 atom stereocenters. The van der Waals surface area contributed by atoms with Gasteiger partial charge in [0.05, 0.1) is 23.7 Å². The number of rotatable bonds is 4. The Balaban J connectivity index is 2.06. The lowest BCUT2D eigenvalue weighted by molar-refractivity contribution is 0.169. The van der Waals surface area contributed by atoms with E-state index in [4.69, 9.17) is 0 Å². The van der Waals surface area contributed by atoms with E-state index in [9.17, 15) is 5.11 Å². The Kier molecular flexibility index (Phi) is 3.44. The van der Waals surface area contributed by atoms with Gasteiger partial charge in [-0.2, -0.15) is 0 Å². The van der Waals surface area contributed by atoms with Gasteiger partial charge in [0.15, 0.2) is 0 Å². The van der Waals surface area contributed by atoms with E-state index < -0.39 is 6.10 Å². The molecular weight excluding hydrogens is 200 g/mol. The number of aliphatic hydroxyl groups excluding tert-OH is 1. The molecule has 0 aromatic carbocycles. The maximum Gasteiger partial charge on any atom is 0.0957 e. The molecule has 1 fully saturated rings. The molecule has 1 aromatic rings. The minimum Gasteiger partial charge on any atom is -0.387 e. The second kappa shape index (κ2) is 4.83. The minimum absolute atomic E-state index is 0.428. The lowest BCUT2D eigenvalue weighted by Crippen LogP contribution is -2.37. The van der Waals surface area contributed by atoms with E-state index in [1.807, 2.05) is 19.2 Å². The average molecular weight is 220 g/mol. The summed E-state index contributed by atoms with van der Waals surface area (Å²) >= 11 is 0. The maximum atomic E-state index is 9.65. The summed E-state index contributed by atoms with van der Waals surface area (Å²) in [4.78, 5) is 6.61. The van der Waals surface area contributed by atoms with Crippen LogP contribution in [-0.4, -0.2) is 23.2 Å². The molecule has 88 valence electrons. The molecule has 1 aromatic heterocycles. The van der Waals surface area contributed by atoms with Gasteiger partial charge in [0.25, 0.3) is 0 Å². The molecule has 3 nitrogen and oxygen atoms in total. The van der Waals surface area contributed by atoms with Crippen molar-refractivity contribution in [1.29, 1.82) is 0 Å². The first kappa shape index (κ1) is 11.4. The highest BCUT2D eigenvalue weighted by Crippen LogP contribution is 2.28. The van der Waals surface area contributed by atoms with Gasteiger partial charge in [-0.3, -0.25) is 4.98 Å². The van der Waals surface area contributed by atoms with Crippen molar-refractivity contribution in [3.05, 3.63) is 24.0 Å². The van der Waals surface area contributed by atoms with E-state index in [-0.39, 0.29) is 0 Å². The second-order valence-corrected chi connectivity index (χ2v) is 4.56. The lowest BCUT2D eigenvalue weighted by atomic mass is 9.91. The van der Waals surface area contributed by atoms with Crippen LogP contribution in [0.1, 0.15) is 44.4 Å². The number of hydrogen-bond acceptors (Lipinski definition) is 3. The van der Waals surface area contributed by atoms with Crippen molar-refractivity contribution in [2.24, 2.45) is 0 Å². The van der Waals surface area contributed by atoms with Crippen molar-refractivity contribution < 1.29 is 5.11 Å². The van der Waals surface area contributed by atoms with Gasteiger partial charge in [-0.05, 0) is 37.8 Å². The molecule has 0 saturated heterocycles. The smallest absolute Gasteiger partial charge is 0.0957 e. The first-order valence-electron chi connectivity index (χ1n) is 6.09. The Bertz CT molecular complexity index is 332. The highest BCUT2D eigenvalue weighted by Gasteiger charge is 2.22. The Morgan fingerprint density at radius 1 is 1.50 bits per heavy atom. The Hall–Kier alpha value is -1.09. The number of nitrogens with zero attached hydrogens (tertiary/aromatic N) is 2. The van der Waals surface area contributed by atoms with Crippen molar-refractivity contribution in [2.45, 2.75) is 44.8 Å². The fraction of sp³-hybridized carbons (Fsp3) is 0.615. The van der Waals surface area contributed by atoms with Crippen molar-refractivity contribution >= 4 is 5.69 Å². The summed E-state index contributed by atoms with van der Waals surface area (Å²) < 4.78 is 0. The zero-order valence-electron chi connectivity index (χ0n) is 10.1. The van der Waals surface area contributed by atoms with E-state index in [1.165, 1.54) is 19.3 Å². The largest absolute Gasteiger partial charge is 0.387 e. The third kappa shape index (κ3) is 2.19. The molecule has 2 rings (SSSR count). The van der Waals surface area contributed by atoms with E-state index in [0.717, 1.165) is 11.4 Å². The third-order valence-corrected chi connectivity index (χ3v) is 3.53. The molecule has 1 aliphatic carbocycles. The molecule has 0 bridgehead atoms. The van der Waals surface area contributed by atoms with Gasteiger partial charge in [-0.15, -0.1) is 0 Å².